The Morgan fingerprint density at radius 1 is 1.56 bits per heavy atom. The molecule has 0 aromatic rings. The van der Waals surface area contributed by atoms with Crippen molar-refractivity contribution in [2.24, 2.45) is 0 Å². The van der Waals surface area contributed by atoms with Crippen LogP contribution in [0.3, 0.4) is 0 Å². The van der Waals surface area contributed by atoms with Gasteiger partial charge in [-0.2, -0.15) is 0 Å². The van der Waals surface area contributed by atoms with Crippen LogP contribution in [0, 0.1) is 0 Å². The highest BCUT2D eigenvalue weighted by Crippen LogP contribution is 1.97. The molecule has 0 atom stereocenters. The van der Waals surface area contributed by atoms with Gasteiger partial charge >= 0.3 is 0 Å². The third-order valence-electron chi connectivity index (χ3n) is 0.758. The molecule has 0 rings (SSSR count). The molecule has 1 N–H and O–H groups in total. The molecular formula is C6H12BrNO. The third-order valence-corrected chi connectivity index (χ3v) is 1.04. The predicted octanol–water partition coefficient (Wildman–Crippen LogP) is 1.30. The van der Waals surface area contributed by atoms with Crippen molar-refractivity contribution in [1.82, 2.24) is 5.32 Å². The van der Waals surface area contributed by atoms with Gasteiger partial charge in [0.2, 0.25) is 4.69 Å². The van der Waals surface area contributed by atoms with Crippen LogP contribution in [-0.2, 0) is 4.79 Å². The molecule has 0 saturated carbocycles. The van der Waals surface area contributed by atoms with Crippen molar-refractivity contribution in [2.45, 2.75) is 26.3 Å². The molecule has 0 aliphatic heterocycles. The van der Waals surface area contributed by atoms with Gasteiger partial charge in [0.05, 0.1) is 6.54 Å². The highest BCUT2D eigenvalue weighted by atomic mass is 79.9. The van der Waals surface area contributed by atoms with E-state index in [4.69, 9.17) is 0 Å². The molecule has 0 fully saturated rings. The largest absolute Gasteiger partial charge is 0.305 e. The molecule has 9 heavy (non-hydrogen) atoms. The first-order valence-corrected chi connectivity index (χ1v) is 3.64. The molecule has 0 radical (unpaired) electrons. The minimum atomic E-state index is -0.00238. The molecule has 0 aromatic carbocycles. The fourth-order valence-corrected chi connectivity index (χ4v) is 0.475. The number of carbonyl (C=O) groups is 1. The van der Waals surface area contributed by atoms with E-state index in [1.165, 1.54) is 0 Å². The maximum atomic E-state index is 10.3. The molecule has 0 unspecified atom stereocenters. The summed E-state index contributed by atoms with van der Waals surface area (Å²) in [7, 11) is 0. The van der Waals surface area contributed by atoms with E-state index >= 15 is 0 Å². The Morgan fingerprint density at radius 3 is 2.11 bits per heavy atom. The van der Waals surface area contributed by atoms with Crippen LogP contribution in [0.4, 0.5) is 0 Å². The summed E-state index contributed by atoms with van der Waals surface area (Å²) in [5, 5.41) is 3.02. The zero-order valence-corrected chi connectivity index (χ0v) is 7.58. The second kappa shape index (κ2) is 3.32. The normalized spacial score (nSPS) is 11.6. The summed E-state index contributed by atoms with van der Waals surface area (Å²) in [5.41, 5.74) is 0.0312. The molecule has 0 aliphatic carbocycles. The summed E-state index contributed by atoms with van der Waals surface area (Å²) >= 11 is 2.83. The van der Waals surface area contributed by atoms with Crippen molar-refractivity contribution in [3.05, 3.63) is 0 Å². The zero-order valence-electron chi connectivity index (χ0n) is 5.99. The number of hydrogen-bond acceptors (Lipinski definition) is 2. The van der Waals surface area contributed by atoms with E-state index in [0.717, 1.165) is 0 Å². The summed E-state index contributed by atoms with van der Waals surface area (Å²) in [6.45, 7) is 6.44. The number of carbonyl (C=O) groups excluding carboxylic acids is 1. The summed E-state index contributed by atoms with van der Waals surface area (Å²) in [5.74, 6) is 0. The summed E-state index contributed by atoms with van der Waals surface area (Å²) in [6.07, 6.45) is 0. The average Bonchev–Trinajstić information content (AvgIpc) is 1.59. The first kappa shape index (κ1) is 9.11. The predicted molar refractivity (Wildman–Crippen MR) is 41.7 cm³/mol. The Kier molecular flexibility index (Phi) is 3.36. The zero-order chi connectivity index (χ0) is 7.49. The number of halogens is 1. The second-order valence-electron chi connectivity index (χ2n) is 2.96. The molecule has 0 bridgehead atoms. The second-order valence-corrected chi connectivity index (χ2v) is 3.84. The molecule has 54 valence electrons. The van der Waals surface area contributed by atoms with Crippen LogP contribution in [0.2, 0.25) is 0 Å². The van der Waals surface area contributed by atoms with E-state index in [0.29, 0.717) is 6.54 Å². The summed E-state index contributed by atoms with van der Waals surface area (Å²) < 4.78 is -0.00238. The first-order valence-electron chi connectivity index (χ1n) is 2.85. The standard InChI is InChI=1S/C6H12BrNO/c1-6(2,3)8-4-5(7)9/h8H,4H2,1-3H3. The summed E-state index contributed by atoms with van der Waals surface area (Å²) in [4.78, 5) is 10.3. The van der Waals surface area contributed by atoms with Gasteiger partial charge in [0.25, 0.3) is 0 Å². The Bertz CT molecular complexity index is 106. The fourth-order valence-electron chi connectivity index (χ4n) is 0.335. The Morgan fingerprint density at radius 2 is 2.00 bits per heavy atom. The molecule has 2 nitrogen and oxygen atoms in total. The Hall–Kier alpha value is 0.110. The van der Waals surface area contributed by atoms with Crippen LogP contribution < -0.4 is 5.32 Å². The Balaban J connectivity index is 3.39. The van der Waals surface area contributed by atoms with Crippen LogP contribution in [0.5, 0.6) is 0 Å². The van der Waals surface area contributed by atoms with Crippen LogP contribution in [0.15, 0.2) is 0 Å². The van der Waals surface area contributed by atoms with Gasteiger partial charge in [0, 0.05) is 5.54 Å². The molecule has 3 heteroatoms. The highest BCUT2D eigenvalue weighted by molar-refractivity contribution is 9.18. The van der Waals surface area contributed by atoms with Gasteiger partial charge in [-0.15, -0.1) is 0 Å². The van der Waals surface area contributed by atoms with Crippen molar-refractivity contribution < 1.29 is 4.79 Å². The molecule has 0 spiro atoms. The van der Waals surface area contributed by atoms with Crippen LogP contribution in [0.1, 0.15) is 20.8 Å². The van der Waals surface area contributed by atoms with Crippen LogP contribution in [0.25, 0.3) is 0 Å². The van der Waals surface area contributed by atoms with Crippen molar-refractivity contribution >= 4 is 20.6 Å². The minimum absolute atomic E-state index is 0.00238. The summed E-state index contributed by atoms with van der Waals surface area (Å²) in [6, 6.07) is 0. The van der Waals surface area contributed by atoms with Crippen molar-refractivity contribution in [2.75, 3.05) is 6.54 Å². The average molecular weight is 194 g/mol. The fraction of sp³-hybridized carbons (Fsp3) is 0.833. The lowest BCUT2D eigenvalue weighted by Crippen LogP contribution is -2.38. The van der Waals surface area contributed by atoms with Gasteiger partial charge < -0.3 is 5.32 Å². The quantitative estimate of drug-likeness (QED) is 0.671. The Labute approximate surface area is 64.1 Å². The monoisotopic (exact) mass is 193 g/mol. The van der Waals surface area contributed by atoms with Crippen molar-refractivity contribution in [3.8, 4) is 0 Å². The molecule has 0 amide bonds. The van der Waals surface area contributed by atoms with E-state index < -0.39 is 0 Å². The van der Waals surface area contributed by atoms with Gasteiger partial charge in [-0.3, -0.25) is 4.79 Å². The number of nitrogens with one attached hydrogen (secondary N) is 1. The van der Waals surface area contributed by atoms with E-state index in [1.54, 1.807) is 0 Å². The number of rotatable bonds is 2. The number of hydrogen-bond donors (Lipinski definition) is 1. The van der Waals surface area contributed by atoms with Crippen LogP contribution >= 0.6 is 15.9 Å². The maximum Gasteiger partial charge on any atom is 0.211 e. The van der Waals surface area contributed by atoms with E-state index in [1.807, 2.05) is 20.8 Å². The SMILES string of the molecule is CC(C)(C)NCC(=O)Br. The van der Waals surface area contributed by atoms with Crippen molar-refractivity contribution in [3.63, 3.8) is 0 Å². The smallest absolute Gasteiger partial charge is 0.211 e. The topological polar surface area (TPSA) is 29.1 Å². The van der Waals surface area contributed by atoms with Gasteiger partial charge in [-0.05, 0) is 36.7 Å². The molecular weight excluding hydrogens is 182 g/mol. The highest BCUT2D eigenvalue weighted by Gasteiger charge is 2.08. The van der Waals surface area contributed by atoms with Gasteiger partial charge in [0.15, 0.2) is 0 Å². The van der Waals surface area contributed by atoms with Crippen molar-refractivity contribution in [1.29, 1.82) is 0 Å². The molecule has 0 aromatic heterocycles. The minimum Gasteiger partial charge on any atom is -0.305 e. The van der Waals surface area contributed by atoms with Gasteiger partial charge in [0.1, 0.15) is 0 Å². The first-order chi connectivity index (χ1) is 3.92. The molecule has 0 saturated heterocycles. The lowest BCUT2D eigenvalue weighted by Gasteiger charge is -2.18. The van der Waals surface area contributed by atoms with Gasteiger partial charge in [-0.25, -0.2) is 0 Å². The lowest BCUT2D eigenvalue weighted by atomic mass is 10.1. The lowest BCUT2D eigenvalue weighted by molar-refractivity contribution is -0.109. The third kappa shape index (κ3) is 8.11. The maximum absolute atomic E-state index is 10.3. The van der Waals surface area contributed by atoms with E-state index in [2.05, 4.69) is 21.2 Å². The van der Waals surface area contributed by atoms with E-state index in [-0.39, 0.29) is 10.2 Å². The van der Waals surface area contributed by atoms with Crippen LogP contribution in [-0.4, -0.2) is 16.8 Å². The van der Waals surface area contributed by atoms with Gasteiger partial charge in [-0.1, -0.05) is 0 Å². The molecule has 0 aliphatic rings. The molecule has 0 heterocycles. The van der Waals surface area contributed by atoms with E-state index in [9.17, 15) is 4.79 Å².